The molecule has 0 saturated carbocycles. The fourth-order valence-corrected chi connectivity index (χ4v) is 3.64. The number of thioether (sulfide) groups is 1. The number of rotatable bonds is 4. The lowest BCUT2D eigenvalue weighted by Crippen LogP contribution is -2.34. The number of amides is 2. The maximum absolute atomic E-state index is 12.3. The van der Waals surface area contributed by atoms with Crippen LogP contribution in [0.5, 0.6) is 0 Å². The largest absolute Gasteiger partial charge is 0.478 e. The first-order valence-electron chi connectivity index (χ1n) is 7.99. The molecule has 6 nitrogen and oxygen atoms in total. The third kappa shape index (κ3) is 3.30. The average Bonchev–Trinajstić information content (AvgIpc) is 3.12. The Balaban J connectivity index is 1.88. The highest BCUT2D eigenvalue weighted by atomic mass is 32.2. The van der Waals surface area contributed by atoms with E-state index in [0.29, 0.717) is 16.4 Å². The summed E-state index contributed by atoms with van der Waals surface area (Å²) in [5, 5.41) is 8.76. The van der Waals surface area contributed by atoms with Crippen molar-refractivity contribution in [3.63, 3.8) is 0 Å². The molecule has 1 fully saturated rings. The lowest BCUT2D eigenvalue weighted by atomic mass is 10.0. The summed E-state index contributed by atoms with van der Waals surface area (Å²) >= 11 is 0.892. The van der Waals surface area contributed by atoms with E-state index in [-0.39, 0.29) is 22.8 Å². The number of furan rings is 1. The Hall–Kier alpha value is -2.80. The van der Waals surface area contributed by atoms with E-state index in [9.17, 15) is 14.4 Å². The van der Waals surface area contributed by atoms with Gasteiger partial charge in [-0.3, -0.25) is 14.5 Å². The van der Waals surface area contributed by atoms with Crippen LogP contribution in [0.1, 0.15) is 35.5 Å². The van der Waals surface area contributed by atoms with E-state index in [0.717, 1.165) is 22.9 Å². The zero-order valence-corrected chi connectivity index (χ0v) is 15.3. The summed E-state index contributed by atoms with van der Waals surface area (Å²) in [5.41, 5.74) is 1.75. The number of aromatic carboxylic acids is 1. The van der Waals surface area contributed by atoms with E-state index in [2.05, 4.69) is 0 Å². The number of carboxylic acids is 1. The zero-order valence-electron chi connectivity index (χ0n) is 14.5. The van der Waals surface area contributed by atoms with E-state index >= 15 is 0 Å². The fourth-order valence-electron chi connectivity index (χ4n) is 2.70. The van der Waals surface area contributed by atoms with Crippen molar-refractivity contribution in [3.8, 4) is 11.3 Å². The molecule has 1 aromatic carbocycles. The van der Waals surface area contributed by atoms with Crippen molar-refractivity contribution in [1.29, 1.82) is 0 Å². The van der Waals surface area contributed by atoms with E-state index in [1.54, 1.807) is 51.1 Å². The second kappa shape index (κ2) is 6.84. The van der Waals surface area contributed by atoms with Gasteiger partial charge in [-0.1, -0.05) is 6.07 Å². The SMILES string of the molecule is Cc1cc(C(=O)O)ccc1-c1ccc(/C=C2/SC(=O)N(C(C)C)C2=O)o1. The number of carboxylic acid groups (broad SMARTS) is 1. The number of carbonyl (C=O) groups excluding carboxylic acids is 2. The van der Waals surface area contributed by atoms with Crippen LogP contribution in [-0.4, -0.2) is 33.2 Å². The van der Waals surface area contributed by atoms with Crippen molar-refractivity contribution < 1.29 is 23.9 Å². The van der Waals surface area contributed by atoms with E-state index in [1.807, 2.05) is 0 Å². The summed E-state index contributed by atoms with van der Waals surface area (Å²) in [6.45, 7) is 5.37. The topological polar surface area (TPSA) is 87.8 Å². The molecule has 7 heteroatoms. The molecule has 1 aromatic heterocycles. The second-order valence-corrected chi connectivity index (χ2v) is 7.18. The molecular formula is C19H17NO5S. The monoisotopic (exact) mass is 371 g/mol. The Morgan fingerprint density at radius 2 is 1.96 bits per heavy atom. The fraction of sp³-hybridized carbons (Fsp3) is 0.211. The third-order valence-corrected chi connectivity index (χ3v) is 4.86. The number of hydrogen-bond acceptors (Lipinski definition) is 5. The molecule has 1 aliphatic heterocycles. The summed E-state index contributed by atoms with van der Waals surface area (Å²) in [6.07, 6.45) is 1.55. The average molecular weight is 371 g/mol. The van der Waals surface area contributed by atoms with Gasteiger partial charge < -0.3 is 9.52 Å². The van der Waals surface area contributed by atoms with Crippen LogP contribution in [0.3, 0.4) is 0 Å². The lowest BCUT2D eigenvalue weighted by Gasteiger charge is -2.16. The summed E-state index contributed by atoms with van der Waals surface area (Å²) in [5.74, 6) is -0.291. The molecule has 0 radical (unpaired) electrons. The van der Waals surface area contributed by atoms with Gasteiger partial charge in [0.25, 0.3) is 11.1 Å². The van der Waals surface area contributed by atoms with Crippen LogP contribution in [0.25, 0.3) is 17.4 Å². The Morgan fingerprint density at radius 1 is 1.23 bits per heavy atom. The van der Waals surface area contributed by atoms with Crippen LogP contribution in [0.2, 0.25) is 0 Å². The molecule has 26 heavy (non-hydrogen) atoms. The molecule has 2 amide bonds. The number of carbonyl (C=O) groups is 3. The maximum Gasteiger partial charge on any atom is 0.335 e. The number of imide groups is 1. The van der Waals surface area contributed by atoms with Gasteiger partial charge >= 0.3 is 5.97 Å². The van der Waals surface area contributed by atoms with Gasteiger partial charge in [-0.05, 0) is 62.4 Å². The van der Waals surface area contributed by atoms with Crippen LogP contribution < -0.4 is 0 Å². The molecule has 0 unspecified atom stereocenters. The van der Waals surface area contributed by atoms with Crippen LogP contribution in [0.15, 0.2) is 39.7 Å². The lowest BCUT2D eigenvalue weighted by molar-refractivity contribution is -0.123. The Bertz CT molecular complexity index is 941. The Morgan fingerprint density at radius 3 is 2.54 bits per heavy atom. The predicted molar refractivity (Wildman–Crippen MR) is 98.8 cm³/mol. The summed E-state index contributed by atoms with van der Waals surface area (Å²) in [7, 11) is 0. The van der Waals surface area contributed by atoms with E-state index in [1.165, 1.54) is 11.0 Å². The van der Waals surface area contributed by atoms with Crippen molar-refractivity contribution in [3.05, 3.63) is 52.1 Å². The van der Waals surface area contributed by atoms with Crippen LogP contribution in [0.4, 0.5) is 4.79 Å². The molecule has 0 aliphatic carbocycles. The molecule has 0 atom stereocenters. The highest BCUT2D eigenvalue weighted by Gasteiger charge is 2.36. The van der Waals surface area contributed by atoms with Crippen molar-refractivity contribution >= 4 is 35.0 Å². The standard InChI is InChI=1S/C19H17NO5S/c1-10(2)20-17(21)16(26-19(20)24)9-13-5-7-15(25-13)14-6-4-12(18(22)23)8-11(14)3/h4-10H,1-3H3,(H,22,23)/b16-9+. The summed E-state index contributed by atoms with van der Waals surface area (Å²) in [6, 6.07) is 8.05. The third-order valence-electron chi connectivity index (χ3n) is 3.98. The van der Waals surface area contributed by atoms with Gasteiger partial charge in [-0.2, -0.15) is 0 Å². The van der Waals surface area contributed by atoms with Crippen molar-refractivity contribution in [2.24, 2.45) is 0 Å². The zero-order chi connectivity index (χ0) is 19.0. The first-order chi connectivity index (χ1) is 12.3. The number of nitrogens with zero attached hydrogens (tertiary/aromatic N) is 1. The van der Waals surface area contributed by atoms with Crippen molar-refractivity contribution in [2.75, 3.05) is 0 Å². The molecule has 0 bridgehead atoms. The van der Waals surface area contributed by atoms with Crippen LogP contribution >= 0.6 is 11.8 Å². The number of aryl methyl sites for hydroxylation is 1. The molecule has 2 aromatic rings. The molecule has 0 spiro atoms. The van der Waals surface area contributed by atoms with E-state index < -0.39 is 5.97 Å². The van der Waals surface area contributed by atoms with Crippen LogP contribution in [-0.2, 0) is 4.79 Å². The van der Waals surface area contributed by atoms with Crippen molar-refractivity contribution in [1.82, 2.24) is 4.90 Å². The summed E-state index contributed by atoms with van der Waals surface area (Å²) < 4.78 is 5.77. The molecule has 1 aliphatic rings. The minimum Gasteiger partial charge on any atom is -0.478 e. The minimum absolute atomic E-state index is 0.198. The summed E-state index contributed by atoms with van der Waals surface area (Å²) in [4.78, 5) is 36.8. The maximum atomic E-state index is 12.3. The van der Waals surface area contributed by atoms with Crippen molar-refractivity contribution in [2.45, 2.75) is 26.8 Å². The molecule has 1 saturated heterocycles. The minimum atomic E-state index is -0.985. The normalized spacial score (nSPS) is 16.2. The second-order valence-electron chi connectivity index (χ2n) is 6.18. The van der Waals surface area contributed by atoms with Gasteiger partial charge in [0.15, 0.2) is 0 Å². The highest BCUT2D eigenvalue weighted by molar-refractivity contribution is 8.18. The Kier molecular flexibility index (Phi) is 4.73. The Labute approximate surface area is 154 Å². The predicted octanol–water partition coefficient (Wildman–Crippen LogP) is 4.40. The molecule has 2 heterocycles. The first-order valence-corrected chi connectivity index (χ1v) is 8.81. The van der Waals surface area contributed by atoms with Gasteiger partial charge in [0, 0.05) is 17.7 Å². The quantitative estimate of drug-likeness (QED) is 0.802. The van der Waals surface area contributed by atoms with Gasteiger partial charge in [0.2, 0.25) is 0 Å². The smallest absolute Gasteiger partial charge is 0.335 e. The molecule has 134 valence electrons. The molecular weight excluding hydrogens is 354 g/mol. The first kappa shape index (κ1) is 18.0. The number of benzene rings is 1. The molecule has 3 rings (SSSR count). The number of hydrogen-bond donors (Lipinski definition) is 1. The molecule has 1 N–H and O–H groups in total. The van der Waals surface area contributed by atoms with Gasteiger partial charge in [0.05, 0.1) is 10.5 Å². The van der Waals surface area contributed by atoms with Gasteiger partial charge in [-0.25, -0.2) is 4.79 Å². The van der Waals surface area contributed by atoms with Crippen LogP contribution in [0, 0.1) is 6.92 Å². The van der Waals surface area contributed by atoms with Gasteiger partial charge in [-0.15, -0.1) is 0 Å². The highest BCUT2D eigenvalue weighted by Crippen LogP contribution is 2.34. The van der Waals surface area contributed by atoms with E-state index in [4.69, 9.17) is 9.52 Å². The van der Waals surface area contributed by atoms with Gasteiger partial charge in [0.1, 0.15) is 11.5 Å².